The molecule has 106 valence electrons. The fraction of sp³-hybridized carbons (Fsp3) is 0.562. The largest absolute Gasteiger partial charge is 0.378 e. The van der Waals surface area contributed by atoms with Gasteiger partial charge in [0.25, 0.3) is 0 Å². The van der Waals surface area contributed by atoms with Crippen LogP contribution in [-0.4, -0.2) is 37.1 Å². The molecular formula is C16H25NO2. The quantitative estimate of drug-likeness (QED) is 0.433. The minimum atomic E-state index is 0.0802. The van der Waals surface area contributed by atoms with Crippen molar-refractivity contribution in [2.45, 2.75) is 33.6 Å². The van der Waals surface area contributed by atoms with Gasteiger partial charge in [0.05, 0.1) is 13.2 Å². The maximum atomic E-state index is 11.8. The fourth-order valence-corrected chi connectivity index (χ4v) is 1.86. The van der Waals surface area contributed by atoms with Crippen molar-refractivity contribution in [3.8, 4) is 0 Å². The fourth-order valence-electron chi connectivity index (χ4n) is 1.86. The number of carbonyl (C=O) groups excluding carboxylic acids is 1. The molecule has 1 heterocycles. The molecule has 1 aliphatic rings. The lowest BCUT2D eigenvalue weighted by atomic mass is 10.1. The van der Waals surface area contributed by atoms with Crippen molar-refractivity contribution in [2.75, 3.05) is 26.3 Å². The van der Waals surface area contributed by atoms with Crippen LogP contribution >= 0.6 is 0 Å². The number of morpholine rings is 1. The highest BCUT2D eigenvalue weighted by atomic mass is 16.5. The maximum Gasteiger partial charge on any atom is 0.246 e. The summed E-state index contributed by atoms with van der Waals surface area (Å²) in [6.07, 6.45) is 9.87. The monoisotopic (exact) mass is 263 g/mol. The predicted octanol–water partition coefficient (Wildman–Crippen LogP) is 3.09. The van der Waals surface area contributed by atoms with Crippen molar-refractivity contribution >= 4 is 5.91 Å². The van der Waals surface area contributed by atoms with E-state index in [0.29, 0.717) is 26.3 Å². The number of nitrogens with zero attached hydrogens (tertiary/aromatic N) is 1. The van der Waals surface area contributed by atoms with Gasteiger partial charge in [-0.2, -0.15) is 0 Å². The Morgan fingerprint density at radius 1 is 1.21 bits per heavy atom. The molecule has 3 nitrogen and oxygen atoms in total. The van der Waals surface area contributed by atoms with E-state index in [4.69, 9.17) is 4.74 Å². The first kappa shape index (κ1) is 15.7. The van der Waals surface area contributed by atoms with Gasteiger partial charge in [-0.15, -0.1) is 0 Å². The summed E-state index contributed by atoms with van der Waals surface area (Å²) in [5, 5.41) is 0. The smallest absolute Gasteiger partial charge is 0.246 e. The van der Waals surface area contributed by atoms with Crippen LogP contribution in [0.5, 0.6) is 0 Å². The van der Waals surface area contributed by atoms with Crippen LogP contribution in [-0.2, 0) is 9.53 Å². The van der Waals surface area contributed by atoms with E-state index in [9.17, 15) is 4.79 Å². The Hall–Kier alpha value is -1.35. The lowest BCUT2D eigenvalue weighted by Gasteiger charge is -2.25. The molecule has 0 aromatic carbocycles. The van der Waals surface area contributed by atoms with Crippen molar-refractivity contribution in [1.82, 2.24) is 4.90 Å². The van der Waals surface area contributed by atoms with Crippen molar-refractivity contribution < 1.29 is 9.53 Å². The number of hydrogen-bond donors (Lipinski definition) is 0. The molecule has 0 radical (unpaired) electrons. The lowest BCUT2D eigenvalue weighted by molar-refractivity contribution is -0.129. The highest BCUT2D eigenvalue weighted by molar-refractivity contribution is 5.87. The third-order valence-corrected chi connectivity index (χ3v) is 3.03. The summed E-state index contributed by atoms with van der Waals surface area (Å²) in [6, 6.07) is 0. The third kappa shape index (κ3) is 6.97. The molecule has 0 aromatic rings. The summed E-state index contributed by atoms with van der Waals surface area (Å²) in [5.41, 5.74) is 2.65. The Bertz CT molecular complexity index is 370. The van der Waals surface area contributed by atoms with Gasteiger partial charge in [0.15, 0.2) is 0 Å². The zero-order valence-corrected chi connectivity index (χ0v) is 12.3. The van der Waals surface area contributed by atoms with Gasteiger partial charge in [0, 0.05) is 19.2 Å². The Morgan fingerprint density at radius 2 is 1.89 bits per heavy atom. The third-order valence-electron chi connectivity index (χ3n) is 3.03. The molecular weight excluding hydrogens is 238 g/mol. The average Bonchev–Trinajstić information content (AvgIpc) is 2.39. The van der Waals surface area contributed by atoms with Crippen LogP contribution in [0.3, 0.4) is 0 Å². The Kier molecular flexibility index (Phi) is 7.19. The Labute approximate surface area is 116 Å². The zero-order valence-electron chi connectivity index (χ0n) is 12.3. The molecule has 0 aliphatic carbocycles. The molecule has 3 heteroatoms. The molecule has 0 unspecified atom stereocenters. The molecule has 0 atom stereocenters. The van der Waals surface area contributed by atoms with Gasteiger partial charge in [-0.05, 0) is 33.6 Å². The normalized spacial score (nSPS) is 16.8. The molecule has 19 heavy (non-hydrogen) atoms. The second-order valence-corrected chi connectivity index (χ2v) is 5.13. The molecule has 1 aliphatic heterocycles. The first-order valence-corrected chi connectivity index (χ1v) is 6.93. The van der Waals surface area contributed by atoms with E-state index < -0.39 is 0 Å². The topological polar surface area (TPSA) is 29.5 Å². The number of allylic oxidation sites excluding steroid dienone is 5. The second kappa shape index (κ2) is 8.70. The van der Waals surface area contributed by atoms with Gasteiger partial charge in [0.1, 0.15) is 0 Å². The SMILES string of the molecule is CC(C)=CCC/C(C)=C/C=C/C(=O)N1CCOCC1. The van der Waals surface area contributed by atoms with Gasteiger partial charge < -0.3 is 9.64 Å². The van der Waals surface area contributed by atoms with Crippen LogP contribution in [0.15, 0.2) is 35.5 Å². The minimum Gasteiger partial charge on any atom is -0.378 e. The molecule has 0 saturated carbocycles. The van der Waals surface area contributed by atoms with E-state index in [0.717, 1.165) is 12.8 Å². The van der Waals surface area contributed by atoms with Crippen molar-refractivity contribution in [3.05, 3.63) is 35.5 Å². The molecule has 1 fully saturated rings. The molecule has 1 rings (SSSR count). The molecule has 1 amide bonds. The standard InChI is InChI=1S/C16H25NO2/c1-14(2)6-4-7-15(3)8-5-9-16(18)17-10-12-19-13-11-17/h5-6,8-9H,4,7,10-13H2,1-3H3/b9-5+,15-8+. The Morgan fingerprint density at radius 3 is 2.53 bits per heavy atom. The van der Waals surface area contributed by atoms with E-state index in [-0.39, 0.29) is 5.91 Å². The molecule has 1 saturated heterocycles. The van der Waals surface area contributed by atoms with E-state index in [1.54, 1.807) is 6.08 Å². The minimum absolute atomic E-state index is 0.0802. The van der Waals surface area contributed by atoms with Crippen molar-refractivity contribution in [3.63, 3.8) is 0 Å². The summed E-state index contributed by atoms with van der Waals surface area (Å²) in [5.74, 6) is 0.0802. The average molecular weight is 263 g/mol. The molecule has 0 aromatic heterocycles. The zero-order chi connectivity index (χ0) is 14.1. The van der Waals surface area contributed by atoms with Crippen LogP contribution in [0.4, 0.5) is 0 Å². The van der Waals surface area contributed by atoms with Crippen molar-refractivity contribution in [1.29, 1.82) is 0 Å². The first-order chi connectivity index (χ1) is 9.09. The maximum absolute atomic E-state index is 11.8. The van der Waals surface area contributed by atoms with Gasteiger partial charge in [0.2, 0.25) is 5.91 Å². The van der Waals surface area contributed by atoms with E-state index in [1.165, 1.54) is 11.1 Å². The van der Waals surface area contributed by atoms with Crippen LogP contribution in [0.25, 0.3) is 0 Å². The van der Waals surface area contributed by atoms with Crippen molar-refractivity contribution in [2.24, 2.45) is 0 Å². The number of hydrogen-bond acceptors (Lipinski definition) is 2. The van der Waals surface area contributed by atoms with Crippen LogP contribution in [0, 0.1) is 0 Å². The van der Waals surface area contributed by atoms with Crippen LogP contribution in [0.1, 0.15) is 33.6 Å². The molecule has 0 spiro atoms. The highest BCUT2D eigenvalue weighted by Gasteiger charge is 2.13. The van der Waals surface area contributed by atoms with Gasteiger partial charge in [-0.3, -0.25) is 4.79 Å². The van der Waals surface area contributed by atoms with E-state index in [1.807, 2.05) is 17.1 Å². The summed E-state index contributed by atoms with van der Waals surface area (Å²) < 4.78 is 5.22. The Balaban J connectivity index is 2.34. The summed E-state index contributed by atoms with van der Waals surface area (Å²) in [7, 11) is 0. The number of amides is 1. The lowest BCUT2D eigenvalue weighted by Crippen LogP contribution is -2.39. The van der Waals surface area contributed by atoms with E-state index >= 15 is 0 Å². The molecule has 0 bridgehead atoms. The molecule has 0 N–H and O–H groups in total. The number of ether oxygens (including phenoxy) is 1. The number of rotatable bonds is 5. The summed E-state index contributed by atoms with van der Waals surface area (Å²) in [6.45, 7) is 9.02. The van der Waals surface area contributed by atoms with Crippen LogP contribution in [0.2, 0.25) is 0 Å². The highest BCUT2D eigenvalue weighted by Crippen LogP contribution is 2.07. The van der Waals surface area contributed by atoms with Gasteiger partial charge >= 0.3 is 0 Å². The van der Waals surface area contributed by atoms with E-state index in [2.05, 4.69) is 26.8 Å². The summed E-state index contributed by atoms with van der Waals surface area (Å²) >= 11 is 0. The van der Waals surface area contributed by atoms with Crippen LogP contribution < -0.4 is 0 Å². The second-order valence-electron chi connectivity index (χ2n) is 5.13. The van der Waals surface area contributed by atoms with Gasteiger partial charge in [-0.25, -0.2) is 0 Å². The van der Waals surface area contributed by atoms with Gasteiger partial charge in [-0.1, -0.05) is 29.4 Å². The first-order valence-electron chi connectivity index (χ1n) is 6.93. The predicted molar refractivity (Wildman–Crippen MR) is 79.0 cm³/mol. The summed E-state index contributed by atoms with van der Waals surface area (Å²) in [4.78, 5) is 13.7. The number of carbonyl (C=O) groups is 1.